The van der Waals surface area contributed by atoms with Crippen molar-refractivity contribution in [3.05, 3.63) is 71.3 Å². The first kappa shape index (κ1) is 19.9. The molecule has 0 unspecified atom stereocenters. The first-order valence-corrected chi connectivity index (χ1v) is 8.88. The quantitative estimate of drug-likeness (QED) is 0.582. The number of allylic oxidation sites excluding steroid dienone is 1. The predicted octanol–water partition coefficient (Wildman–Crippen LogP) is 3.85. The Balaban J connectivity index is 2.19. The maximum atomic E-state index is 12.7. The Labute approximate surface area is 149 Å². The highest BCUT2D eigenvalue weighted by Crippen LogP contribution is 2.29. The van der Waals surface area contributed by atoms with Crippen LogP contribution >= 0.6 is 0 Å². The third kappa shape index (κ3) is 4.59. The van der Waals surface area contributed by atoms with Gasteiger partial charge in [-0.15, -0.1) is 0 Å². The smallest absolute Gasteiger partial charge is 0.289 e. The molecular formula is C18H16F3NO3S. The Hall–Kier alpha value is -2.45. The summed E-state index contributed by atoms with van der Waals surface area (Å²) in [5, 5.41) is 0. The minimum atomic E-state index is -4.46. The van der Waals surface area contributed by atoms with Crippen LogP contribution in [0.2, 0.25) is 0 Å². The lowest BCUT2D eigenvalue weighted by Gasteiger charge is -2.11. The number of ketones is 1. The molecule has 0 heterocycles. The largest absolute Gasteiger partial charge is 0.416 e. The monoisotopic (exact) mass is 383 g/mol. The van der Waals surface area contributed by atoms with Gasteiger partial charge in [0.25, 0.3) is 0 Å². The molecule has 138 valence electrons. The molecule has 0 aliphatic rings. The van der Waals surface area contributed by atoms with Gasteiger partial charge < -0.3 is 0 Å². The van der Waals surface area contributed by atoms with Crippen LogP contribution in [-0.4, -0.2) is 32.6 Å². The number of benzene rings is 2. The summed E-state index contributed by atoms with van der Waals surface area (Å²) in [5.41, 5.74) is -0.337. The summed E-state index contributed by atoms with van der Waals surface area (Å²) in [7, 11) is -0.806. The van der Waals surface area contributed by atoms with Crippen molar-refractivity contribution in [3.63, 3.8) is 0 Å². The standard InChI is InChI=1S/C18H16F3NO3S/c1-22(2)26(24,25)16-9-7-14(8-10-16)17(23)11-6-13-4-3-5-15(12-13)18(19,20)21/h3-12H,1-2H3. The fourth-order valence-electron chi connectivity index (χ4n) is 2.09. The number of alkyl halides is 3. The molecule has 2 rings (SSSR count). The second-order valence-corrected chi connectivity index (χ2v) is 7.78. The number of hydrogen-bond donors (Lipinski definition) is 0. The second kappa shape index (κ2) is 7.43. The molecule has 0 aliphatic carbocycles. The van der Waals surface area contributed by atoms with Gasteiger partial charge in [0, 0.05) is 19.7 Å². The van der Waals surface area contributed by atoms with Crippen molar-refractivity contribution in [3.8, 4) is 0 Å². The van der Waals surface area contributed by atoms with Crippen molar-refractivity contribution in [1.82, 2.24) is 4.31 Å². The van der Waals surface area contributed by atoms with E-state index in [1.807, 2.05) is 0 Å². The van der Waals surface area contributed by atoms with Gasteiger partial charge in [-0.25, -0.2) is 12.7 Å². The third-order valence-corrected chi connectivity index (χ3v) is 5.39. The predicted molar refractivity (Wildman–Crippen MR) is 92.1 cm³/mol. The minimum Gasteiger partial charge on any atom is -0.289 e. The second-order valence-electron chi connectivity index (χ2n) is 5.63. The van der Waals surface area contributed by atoms with Crippen LogP contribution in [0.15, 0.2) is 59.5 Å². The van der Waals surface area contributed by atoms with Crippen LogP contribution in [0.25, 0.3) is 6.08 Å². The Morgan fingerprint density at radius 3 is 2.19 bits per heavy atom. The highest BCUT2D eigenvalue weighted by molar-refractivity contribution is 7.89. The molecule has 0 saturated heterocycles. The van der Waals surface area contributed by atoms with Crippen LogP contribution in [0.5, 0.6) is 0 Å². The average molecular weight is 383 g/mol. The van der Waals surface area contributed by atoms with Crippen molar-refractivity contribution in [2.24, 2.45) is 0 Å². The number of rotatable bonds is 5. The van der Waals surface area contributed by atoms with E-state index in [1.165, 1.54) is 56.6 Å². The summed E-state index contributed by atoms with van der Waals surface area (Å²) < 4.78 is 63.0. The van der Waals surface area contributed by atoms with E-state index in [1.54, 1.807) is 0 Å². The fourth-order valence-corrected chi connectivity index (χ4v) is 2.99. The van der Waals surface area contributed by atoms with Crippen molar-refractivity contribution < 1.29 is 26.4 Å². The van der Waals surface area contributed by atoms with Crippen molar-refractivity contribution in [2.75, 3.05) is 14.1 Å². The summed E-state index contributed by atoms with van der Waals surface area (Å²) in [5.74, 6) is -0.448. The number of hydrogen-bond acceptors (Lipinski definition) is 3. The van der Waals surface area contributed by atoms with Crippen LogP contribution in [0.4, 0.5) is 13.2 Å². The summed E-state index contributed by atoms with van der Waals surface area (Å²) in [6, 6.07) is 9.92. The van der Waals surface area contributed by atoms with E-state index in [2.05, 4.69) is 0 Å². The van der Waals surface area contributed by atoms with E-state index >= 15 is 0 Å². The Bertz CT molecular complexity index is 931. The van der Waals surface area contributed by atoms with Gasteiger partial charge in [-0.1, -0.05) is 18.2 Å². The zero-order chi connectivity index (χ0) is 19.5. The minimum absolute atomic E-state index is 0.0425. The summed E-state index contributed by atoms with van der Waals surface area (Å²) in [6.45, 7) is 0. The number of carbonyl (C=O) groups is 1. The molecule has 0 N–H and O–H groups in total. The molecule has 0 aromatic heterocycles. The topological polar surface area (TPSA) is 54.5 Å². The molecule has 2 aromatic carbocycles. The number of nitrogens with zero attached hydrogens (tertiary/aromatic N) is 1. The van der Waals surface area contributed by atoms with Gasteiger partial charge in [0.05, 0.1) is 10.5 Å². The van der Waals surface area contributed by atoms with Gasteiger partial charge in [0.2, 0.25) is 10.0 Å². The Morgan fingerprint density at radius 2 is 1.65 bits per heavy atom. The molecule has 8 heteroatoms. The molecule has 4 nitrogen and oxygen atoms in total. The van der Waals surface area contributed by atoms with Crippen molar-refractivity contribution >= 4 is 21.9 Å². The Morgan fingerprint density at radius 1 is 1.04 bits per heavy atom. The first-order valence-electron chi connectivity index (χ1n) is 7.44. The summed E-state index contributed by atoms with van der Waals surface area (Å²) in [4.78, 5) is 12.2. The molecular weight excluding hydrogens is 367 g/mol. The molecule has 0 fully saturated rings. The van der Waals surface area contributed by atoms with Crippen molar-refractivity contribution in [1.29, 1.82) is 0 Å². The number of halogens is 3. The molecule has 0 amide bonds. The normalized spacial score (nSPS) is 12.7. The lowest BCUT2D eigenvalue weighted by Crippen LogP contribution is -2.22. The lowest BCUT2D eigenvalue weighted by molar-refractivity contribution is -0.137. The van der Waals surface area contributed by atoms with E-state index in [4.69, 9.17) is 0 Å². The third-order valence-electron chi connectivity index (χ3n) is 3.56. The van der Waals surface area contributed by atoms with Gasteiger partial charge in [0.1, 0.15) is 0 Å². The molecule has 0 bridgehead atoms. The molecule has 26 heavy (non-hydrogen) atoms. The average Bonchev–Trinajstić information content (AvgIpc) is 2.59. The molecule has 0 aliphatic heterocycles. The maximum absolute atomic E-state index is 12.7. The molecule has 2 aromatic rings. The van der Waals surface area contributed by atoms with E-state index in [9.17, 15) is 26.4 Å². The fraction of sp³-hybridized carbons (Fsp3) is 0.167. The number of carbonyl (C=O) groups excluding carboxylic acids is 1. The van der Waals surface area contributed by atoms with Gasteiger partial charge in [0.15, 0.2) is 5.78 Å². The van der Waals surface area contributed by atoms with E-state index < -0.39 is 27.5 Å². The van der Waals surface area contributed by atoms with E-state index in [0.29, 0.717) is 0 Å². The first-order chi connectivity index (χ1) is 12.0. The van der Waals surface area contributed by atoms with Gasteiger partial charge in [-0.05, 0) is 48.0 Å². The van der Waals surface area contributed by atoms with Crippen LogP contribution < -0.4 is 0 Å². The van der Waals surface area contributed by atoms with Crippen LogP contribution in [0, 0.1) is 0 Å². The summed E-state index contributed by atoms with van der Waals surface area (Å²) >= 11 is 0. The van der Waals surface area contributed by atoms with Gasteiger partial charge >= 0.3 is 6.18 Å². The zero-order valence-electron chi connectivity index (χ0n) is 14.0. The SMILES string of the molecule is CN(C)S(=O)(=O)c1ccc(C(=O)C=Cc2cccc(C(F)(F)F)c2)cc1. The lowest BCUT2D eigenvalue weighted by atomic mass is 10.1. The van der Waals surface area contributed by atoms with E-state index in [-0.39, 0.29) is 16.0 Å². The molecule has 0 spiro atoms. The molecule has 0 saturated carbocycles. The van der Waals surface area contributed by atoms with Crippen LogP contribution in [0.1, 0.15) is 21.5 Å². The van der Waals surface area contributed by atoms with Crippen LogP contribution in [-0.2, 0) is 16.2 Å². The van der Waals surface area contributed by atoms with Gasteiger partial charge in [-0.2, -0.15) is 13.2 Å². The Kier molecular flexibility index (Phi) is 5.68. The zero-order valence-corrected chi connectivity index (χ0v) is 14.8. The molecule has 0 atom stereocenters. The molecule has 0 radical (unpaired) electrons. The number of sulfonamides is 1. The van der Waals surface area contributed by atoms with Gasteiger partial charge in [-0.3, -0.25) is 4.79 Å². The summed E-state index contributed by atoms with van der Waals surface area (Å²) in [6.07, 6.45) is -2.03. The van der Waals surface area contributed by atoms with Crippen LogP contribution in [0.3, 0.4) is 0 Å². The van der Waals surface area contributed by atoms with Crippen molar-refractivity contribution in [2.45, 2.75) is 11.1 Å². The highest BCUT2D eigenvalue weighted by atomic mass is 32.2. The maximum Gasteiger partial charge on any atom is 0.416 e. The highest BCUT2D eigenvalue weighted by Gasteiger charge is 2.30. The van der Waals surface area contributed by atoms with E-state index in [0.717, 1.165) is 22.5 Å².